The second-order valence-electron chi connectivity index (χ2n) is 6.84. The summed E-state index contributed by atoms with van der Waals surface area (Å²) in [6.45, 7) is 1.78. The van der Waals surface area contributed by atoms with Crippen molar-refractivity contribution in [1.29, 1.82) is 0 Å². The number of nitrogens with zero attached hydrogens (tertiary/aromatic N) is 2. The zero-order valence-electron chi connectivity index (χ0n) is 14.0. The van der Waals surface area contributed by atoms with E-state index in [1.165, 1.54) is 0 Å². The normalized spacial score (nSPS) is 22.3. The summed E-state index contributed by atoms with van der Waals surface area (Å²) in [5.41, 5.74) is 1.72. The van der Waals surface area contributed by atoms with E-state index in [0.717, 1.165) is 30.4 Å². The highest BCUT2D eigenvalue weighted by Gasteiger charge is 2.48. The largest absolute Gasteiger partial charge is 0.370 e. The molecule has 25 heavy (non-hydrogen) atoms. The van der Waals surface area contributed by atoms with Gasteiger partial charge in [-0.2, -0.15) is 0 Å². The zero-order chi connectivity index (χ0) is 17.3. The first-order valence-electron chi connectivity index (χ1n) is 8.76. The number of aromatic nitrogens is 1. The van der Waals surface area contributed by atoms with Crippen molar-refractivity contribution in [2.24, 2.45) is 0 Å². The van der Waals surface area contributed by atoms with Gasteiger partial charge in [0, 0.05) is 29.5 Å². The lowest BCUT2D eigenvalue weighted by Crippen LogP contribution is -2.54. The fraction of sp³-hybridized carbons (Fsp3) is 0.400. The van der Waals surface area contributed by atoms with Gasteiger partial charge < -0.3 is 9.64 Å². The van der Waals surface area contributed by atoms with E-state index in [4.69, 9.17) is 16.3 Å². The molecule has 4 nitrogen and oxygen atoms in total. The van der Waals surface area contributed by atoms with Crippen LogP contribution in [0.3, 0.4) is 0 Å². The molecule has 0 bridgehead atoms. The number of carbonyl (C=O) groups excluding carboxylic acids is 1. The molecule has 2 fully saturated rings. The van der Waals surface area contributed by atoms with E-state index in [0.29, 0.717) is 24.7 Å². The molecule has 1 aromatic heterocycles. The summed E-state index contributed by atoms with van der Waals surface area (Å²) in [5, 5.41) is 0.702. The number of rotatable bonds is 3. The van der Waals surface area contributed by atoms with Crippen LogP contribution in [0.4, 0.5) is 0 Å². The second kappa shape index (κ2) is 6.77. The van der Waals surface area contributed by atoms with E-state index in [-0.39, 0.29) is 17.4 Å². The molecule has 5 heteroatoms. The van der Waals surface area contributed by atoms with Crippen LogP contribution in [0.1, 0.15) is 36.5 Å². The van der Waals surface area contributed by atoms with Crippen LogP contribution in [0, 0.1) is 0 Å². The lowest BCUT2D eigenvalue weighted by Gasteiger charge is -2.46. The van der Waals surface area contributed by atoms with Gasteiger partial charge in [-0.15, -0.1) is 0 Å². The molecule has 0 N–H and O–H groups in total. The van der Waals surface area contributed by atoms with Crippen LogP contribution in [-0.4, -0.2) is 35.5 Å². The Balaban J connectivity index is 1.56. The molecular formula is C20H21ClN2O2. The summed E-state index contributed by atoms with van der Waals surface area (Å²) >= 11 is 6.02. The van der Waals surface area contributed by atoms with Gasteiger partial charge in [0.1, 0.15) is 6.10 Å². The first kappa shape index (κ1) is 16.6. The van der Waals surface area contributed by atoms with E-state index < -0.39 is 0 Å². The highest BCUT2D eigenvalue weighted by molar-refractivity contribution is 6.30. The summed E-state index contributed by atoms with van der Waals surface area (Å²) in [6.07, 6.45) is 6.36. The number of pyridine rings is 1. The monoisotopic (exact) mass is 356 g/mol. The Kier molecular flexibility index (Phi) is 4.48. The van der Waals surface area contributed by atoms with Crippen LogP contribution >= 0.6 is 11.6 Å². The fourth-order valence-electron chi connectivity index (χ4n) is 3.83. The van der Waals surface area contributed by atoms with Crippen LogP contribution in [0.5, 0.6) is 0 Å². The van der Waals surface area contributed by atoms with Gasteiger partial charge in [-0.25, -0.2) is 0 Å². The molecule has 130 valence electrons. The zero-order valence-corrected chi connectivity index (χ0v) is 14.8. The Bertz CT molecular complexity index is 744. The molecule has 2 aliphatic rings. The summed E-state index contributed by atoms with van der Waals surface area (Å²) in [5.74, 6) is 0.221. The predicted molar refractivity (Wildman–Crippen MR) is 96.5 cm³/mol. The number of halogens is 1. The van der Waals surface area contributed by atoms with Crippen molar-refractivity contribution in [3.05, 3.63) is 64.9 Å². The van der Waals surface area contributed by atoms with Gasteiger partial charge in [0.15, 0.2) is 0 Å². The van der Waals surface area contributed by atoms with Crippen molar-refractivity contribution < 1.29 is 9.53 Å². The highest BCUT2D eigenvalue weighted by atomic mass is 35.5. The average Bonchev–Trinajstić information content (AvgIpc) is 2.63. The van der Waals surface area contributed by atoms with Gasteiger partial charge in [0.2, 0.25) is 5.91 Å². The number of morpholine rings is 1. The molecule has 1 aliphatic heterocycles. The summed E-state index contributed by atoms with van der Waals surface area (Å²) in [7, 11) is 0. The topological polar surface area (TPSA) is 42.4 Å². The Labute approximate surface area is 152 Å². The van der Waals surface area contributed by atoms with Crippen molar-refractivity contribution in [2.75, 3.05) is 19.7 Å². The first-order valence-corrected chi connectivity index (χ1v) is 9.14. The highest BCUT2D eigenvalue weighted by Crippen LogP contribution is 2.46. The van der Waals surface area contributed by atoms with Crippen molar-refractivity contribution in [3.63, 3.8) is 0 Å². The molecule has 1 aliphatic carbocycles. The molecule has 0 unspecified atom stereocenters. The van der Waals surface area contributed by atoms with E-state index >= 15 is 0 Å². The summed E-state index contributed by atoms with van der Waals surface area (Å²) < 4.78 is 5.88. The Morgan fingerprint density at radius 1 is 1.24 bits per heavy atom. The van der Waals surface area contributed by atoms with E-state index in [1.807, 2.05) is 47.5 Å². The molecule has 4 rings (SSSR count). The van der Waals surface area contributed by atoms with Crippen LogP contribution in [-0.2, 0) is 14.9 Å². The molecular weight excluding hydrogens is 336 g/mol. The van der Waals surface area contributed by atoms with E-state index in [9.17, 15) is 4.79 Å². The van der Waals surface area contributed by atoms with Crippen LogP contribution in [0.15, 0.2) is 48.8 Å². The molecule has 2 aromatic rings. The molecule has 2 heterocycles. The van der Waals surface area contributed by atoms with Gasteiger partial charge in [-0.05, 0) is 36.6 Å². The van der Waals surface area contributed by atoms with Gasteiger partial charge >= 0.3 is 0 Å². The maximum Gasteiger partial charge on any atom is 0.233 e. The Hall–Kier alpha value is -1.91. The van der Waals surface area contributed by atoms with Crippen molar-refractivity contribution >= 4 is 17.5 Å². The van der Waals surface area contributed by atoms with Crippen molar-refractivity contribution in [1.82, 2.24) is 9.88 Å². The van der Waals surface area contributed by atoms with Crippen LogP contribution < -0.4 is 0 Å². The molecule has 1 saturated heterocycles. The van der Waals surface area contributed by atoms with E-state index in [2.05, 4.69) is 4.98 Å². The number of hydrogen-bond donors (Lipinski definition) is 0. The third-order valence-electron chi connectivity index (χ3n) is 5.42. The third kappa shape index (κ3) is 3.05. The van der Waals surface area contributed by atoms with Crippen molar-refractivity contribution in [3.8, 4) is 0 Å². The Morgan fingerprint density at radius 2 is 2.04 bits per heavy atom. The fourth-order valence-corrected chi connectivity index (χ4v) is 3.96. The van der Waals surface area contributed by atoms with Crippen molar-refractivity contribution in [2.45, 2.75) is 30.8 Å². The van der Waals surface area contributed by atoms with Gasteiger partial charge in [-0.1, -0.05) is 36.2 Å². The maximum atomic E-state index is 13.4. The molecule has 1 aromatic carbocycles. The number of amides is 1. The molecule has 1 atom stereocenters. The maximum absolute atomic E-state index is 13.4. The number of ether oxygens (including phenoxy) is 1. The summed E-state index contributed by atoms with van der Waals surface area (Å²) in [6, 6.07) is 11.7. The average molecular weight is 357 g/mol. The quantitative estimate of drug-likeness (QED) is 0.841. The minimum Gasteiger partial charge on any atom is -0.370 e. The summed E-state index contributed by atoms with van der Waals surface area (Å²) in [4.78, 5) is 19.5. The molecule has 1 saturated carbocycles. The minimum atomic E-state index is -0.387. The molecule has 0 spiro atoms. The smallest absolute Gasteiger partial charge is 0.233 e. The van der Waals surface area contributed by atoms with Gasteiger partial charge in [0.25, 0.3) is 0 Å². The van der Waals surface area contributed by atoms with Crippen LogP contribution in [0.25, 0.3) is 0 Å². The first-order chi connectivity index (χ1) is 12.2. The lowest BCUT2D eigenvalue weighted by atomic mass is 9.63. The van der Waals surface area contributed by atoms with E-state index in [1.54, 1.807) is 6.20 Å². The standard InChI is InChI=1S/C20H21ClN2O2/c21-17-6-4-16(5-7-17)20(8-2-9-20)19(24)23-11-12-25-18(14-23)15-3-1-10-22-13-15/h1,3-7,10,13,18H,2,8-9,11-12,14H2/t18-/m1/s1. The number of hydrogen-bond acceptors (Lipinski definition) is 3. The van der Waals surface area contributed by atoms with Gasteiger partial charge in [-0.3, -0.25) is 9.78 Å². The lowest BCUT2D eigenvalue weighted by molar-refractivity contribution is -0.148. The second-order valence-corrected chi connectivity index (χ2v) is 7.28. The SMILES string of the molecule is O=C(N1CCO[C@@H](c2cccnc2)C1)C1(c2ccc(Cl)cc2)CCC1. The number of carbonyl (C=O) groups is 1. The number of benzene rings is 1. The minimum absolute atomic E-state index is 0.103. The van der Waals surface area contributed by atoms with Gasteiger partial charge in [0.05, 0.1) is 18.6 Å². The third-order valence-corrected chi connectivity index (χ3v) is 5.68. The predicted octanol–water partition coefficient (Wildman–Crippen LogP) is 3.76. The Morgan fingerprint density at radius 3 is 2.68 bits per heavy atom. The van der Waals surface area contributed by atoms with Crippen LogP contribution in [0.2, 0.25) is 5.02 Å². The molecule has 1 amide bonds. The molecule has 0 radical (unpaired) electrons.